The first-order valence-electron chi connectivity index (χ1n) is 8.94. The van der Waals surface area contributed by atoms with Gasteiger partial charge in [0, 0.05) is 5.92 Å². The highest BCUT2D eigenvalue weighted by atomic mass is 32.2. The van der Waals surface area contributed by atoms with E-state index < -0.39 is 0 Å². The molecule has 1 N–H and O–H groups in total. The molecule has 134 valence electrons. The first kappa shape index (κ1) is 17.6. The zero-order valence-corrected chi connectivity index (χ0v) is 15.8. The first-order valence-corrected chi connectivity index (χ1v) is 9.82. The number of aliphatic imine (C=N–C) groups is 1. The number of benzene rings is 3. The minimum absolute atomic E-state index is 0.00467. The van der Waals surface area contributed by atoms with Crippen molar-refractivity contribution in [1.29, 1.82) is 0 Å². The molecule has 1 fully saturated rings. The standard InChI is InChI=1S/C23H20N2OS/c1-16-10-8-9-15-19(16)24-23-25-22(26)21(27-23)20(17-11-4-2-5-12-17)18-13-6-3-7-14-18/h2-15,20-21H,1H3,(H,24,25,26). The fraction of sp³-hybridized carbons (Fsp3) is 0.130. The number of amidine groups is 1. The van der Waals surface area contributed by atoms with Gasteiger partial charge in [-0.1, -0.05) is 90.6 Å². The van der Waals surface area contributed by atoms with Crippen molar-refractivity contribution in [3.63, 3.8) is 0 Å². The quantitative estimate of drug-likeness (QED) is 0.696. The number of rotatable bonds is 4. The topological polar surface area (TPSA) is 41.5 Å². The summed E-state index contributed by atoms with van der Waals surface area (Å²) in [5.74, 6) is -0.0213. The molecule has 0 bridgehead atoms. The Morgan fingerprint density at radius 2 is 1.41 bits per heavy atom. The van der Waals surface area contributed by atoms with E-state index in [9.17, 15) is 4.79 Å². The van der Waals surface area contributed by atoms with E-state index in [1.165, 1.54) is 11.8 Å². The Hall–Kier alpha value is -2.85. The molecule has 27 heavy (non-hydrogen) atoms. The highest BCUT2D eigenvalue weighted by Crippen LogP contribution is 2.38. The molecule has 0 aromatic heterocycles. The van der Waals surface area contributed by atoms with Crippen LogP contribution >= 0.6 is 11.8 Å². The Morgan fingerprint density at radius 1 is 0.852 bits per heavy atom. The van der Waals surface area contributed by atoms with Crippen LogP contribution in [0.5, 0.6) is 0 Å². The number of hydrogen-bond acceptors (Lipinski definition) is 3. The molecule has 1 unspecified atom stereocenters. The van der Waals surface area contributed by atoms with Gasteiger partial charge in [0.15, 0.2) is 5.17 Å². The van der Waals surface area contributed by atoms with Gasteiger partial charge in [0.1, 0.15) is 5.25 Å². The molecule has 1 aliphatic heterocycles. The third kappa shape index (κ3) is 3.81. The lowest BCUT2D eigenvalue weighted by atomic mass is 9.88. The van der Waals surface area contributed by atoms with E-state index in [0.29, 0.717) is 5.17 Å². The van der Waals surface area contributed by atoms with Crippen molar-refractivity contribution in [3.05, 3.63) is 102 Å². The summed E-state index contributed by atoms with van der Waals surface area (Å²) < 4.78 is 0. The molecule has 1 heterocycles. The summed E-state index contributed by atoms with van der Waals surface area (Å²) in [6, 6.07) is 28.4. The molecule has 3 aromatic rings. The van der Waals surface area contributed by atoms with Gasteiger partial charge >= 0.3 is 0 Å². The third-order valence-corrected chi connectivity index (χ3v) is 5.84. The van der Waals surface area contributed by atoms with Crippen molar-refractivity contribution in [2.75, 3.05) is 0 Å². The summed E-state index contributed by atoms with van der Waals surface area (Å²) in [6.45, 7) is 2.02. The lowest BCUT2D eigenvalue weighted by Gasteiger charge is -2.21. The van der Waals surface area contributed by atoms with Crippen LogP contribution in [0.15, 0.2) is 89.9 Å². The predicted octanol–water partition coefficient (Wildman–Crippen LogP) is 5.05. The maximum atomic E-state index is 12.8. The molecule has 1 atom stereocenters. The number of hydrogen-bond donors (Lipinski definition) is 1. The third-order valence-electron chi connectivity index (χ3n) is 4.68. The van der Waals surface area contributed by atoms with Crippen LogP contribution < -0.4 is 5.32 Å². The van der Waals surface area contributed by atoms with Gasteiger partial charge in [0.05, 0.1) is 5.69 Å². The summed E-state index contributed by atoms with van der Waals surface area (Å²) in [5.41, 5.74) is 4.24. The zero-order chi connectivity index (χ0) is 18.6. The van der Waals surface area contributed by atoms with Gasteiger partial charge < -0.3 is 5.32 Å². The predicted molar refractivity (Wildman–Crippen MR) is 113 cm³/mol. The van der Waals surface area contributed by atoms with Crippen LogP contribution in [-0.4, -0.2) is 16.3 Å². The number of thioether (sulfide) groups is 1. The van der Waals surface area contributed by atoms with Crippen LogP contribution in [0.4, 0.5) is 5.69 Å². The number of carbonyl (C=O) groups excluding carboxylic acids is 1. The maximum Gasteiger partial charge on any atom is 0.240 e. The number of aryl methyl sites for hydroxylation is 1. The van der Waals surface area contributed by atoms with E-state index in [0.717, 1.165) is 22.4 Å². The summed E-state index contributed by atoms with van der Waals surface area (Å²) in [7, 11) is 0. The monoisotopic (exact) mass is 372 g/mol. The summed E-state index contributed by atoms with van der Waals surface area (Å²) in [6.07, 6.45) is 0. The van der Waals surface area contributed by atoms with Gasteiger partial charge in [-0.15, -0.1) is 0 Å². The average molecular weight is 372 g/mol. The average Bonchev–Trinajstić information content (AvgIpc) is 3.05. The van der Waals surface area contributed by atoms with Gasteiger partial charge in [-0.2, -0.15) is 0 Å². The fourth-order valence-electron chi connectivity index (χ4n) is 3.31. The van der Waals surface area contributed by atoms with Crippen molar-refractivity contribution in [3.8, 4) is 0 Å². The molecule has 0 spiro atoms. The fourth-order valence-corrected chi connectivity index (χ4v) is 4.48. The van der Waals surface area contributed by atoms with E-state index in [4.69, 9.17) is 0 Å². The van der Waals surface area contributed by atoms with Crippen LogP contribution in [0.2, 0.25) is 0 Å². The number of amides is 1. The smallest absolute Gasteiger partial charge is 0.240 e. The van der Waals surface area contributed by atoms with Crippen LogP contribution in [0.25, 0.3) is 0 Å². The van der Waals surface area contributed by atoms with E-state index in [2.05, 4.69) is 34.6 Å². The second-order valence-electron chi connectivity index (χ2n) is 6.53. The number of nitrogens with zero attached hydrogens (tertiary/aromatic N) is 1. The Bertz CT molecular complexity index is 930. The van der Waals surface area contributed by atoms with Gasteiger partial charge in [-0.25, -0.2) is 4.99 Å². The molecule has 3 aromatic carbocycles. The molecule has 0 aliphatic carbocycles. The molecule has 3 nitrogen and oxygen atoms in total. The Balaban J connectivity index is 1.69. The molecule has 0 saturated carbocycles. The summed E-state index contributed by atoms with van der Waals surface area (Å²) in [4.78, 5) is 17.5. The molecular weight excluding hydrogens is 352 g/mol. The van der Waals surface area contributed by atoms with Crippen molar-refractivity contribution in [2.45, 2.75) is 18.1 Å². The van der Waals surface area contributed by atoms with Crippen molar-refractivity contribution < 1.29 is 4.79 Å². The zero-order valence-electron chi connectivity index (χ0n) is 15.0. The summed E-state index contributed by atoms with van der Waals surface area (Å²) in [5, 5.41) is 3.38. The van der Waals surface area contributed by atoms with Crippen LogP contribution in [-0.2, 0) is 4.79 Å². The summed E-state index contributed by atoms with van der Waals surface area (Å²) >= 11 is 1.51. The van der Waals surface area contributed by atoms with E-state index in [-0.39, 0.29) is 17.1 Å². The van der Waals surface area contributed by atoms with Crippen molar-refractivity contribution >= 4 is 28.5 Å². The SMILES string of the molecule is Cc1ccccc1N=C1NC(=O)C(C(c2ccccc2)c2ccccc2)S1. The molecular formula is C23H20N2OS. The molecule has 4 heteroatoms. The minimum Gasteiger partial charge on any atom is -0.304 e. The van der Waals surface area contributed by atoms with Crippen LogP contribution in [0, 0.1) is 6.92 Å². The van der Waals surface area contributed by atoms with Gasteiger partial charge in [-0.05, 0) is 29.7 Å². The number of carbonyl (C=O) groups is 1. The molecule has 4 rings (SSSR count). The second kappa shape index (κ2) is 7.80. The van der Waals surface area contributed by atoms with Gasteiger partial charge in [0.25, 0.3) is 0 Å². The molecule has 0 radical (unpaired) electrons. The largest absolute Gasteiger partial charge is 0.304 e. The molecule has 1 saturated heterocycles. The van der Waals surface area contributed by atoms with Crippen molar-refractivity contribution in [2.24, 2.45) is 4.99 Å². The molecule has 1 aliphatic rings. The minimum atomic E-state index is -0.252. The highest BCUT2D eigenvalue weighted by molar-refractivity contribution is 8.15. The number of para-hydroxylation sites is 1. The lowest BCUT2D eigenvalue weighted by molar-refractivity contribution is -0.119. The maximum absolute atomic E-state index is 12.8. The van der Waals surface area contributed by atoms with E-state index >= 15 is 0 Å². The Kier molecular flexibility index (Phi) is 5.07. The molecule has 1 amide bonds. The van der Waals surface area contributed by atoms with Gasteiger partial charge in [0.2, 0.25) is 5.91 Å². The normalized spacial score (nSPS) is 18.1. The lowest BCUT2D eigenvalue weighted by Crippen LogP contribution is -2.29. The number of nitrogens with one attached hydrogen (secondary N) is 1. The van der Waals surface area contributed by atoms with Gasteiger partial charge in [-0.3, -0.25) is 4.79 Å². The van der Waals surface area contributed by atoms with E-state index in [1.54, 1.807) is 0 Å². The Morgan fingerprint density at radius 3 is 2.00 bits per heavy atom. The highest BCUT2D eigenvalue weighted by Gasteiger charge is 2.38. The van der Waals surface area contributed by atoms with Crippen LogP contribution in [0.1, 0.15) is 22.6 Å². The van der Waals surface area contributed by atoms with E-state index in [1.807, 2.05) is 67.6 Å². The Labute approximate surface area is 163 Å². The first-order chi connectivity index (χ1) is 13.2. The van der Waals surface area contributed by atoms with Crippen molar-refractivity contribution in [1.82, 2.24) is 5.32 Å². The van der Waals surface area contributed by atoms with Crippen LogP contribution in [0.3, 0.4) is 0 Å². The second-order valence-corrected chi connectivity index (χ2v) is 7.66.